The number of amides is 1. The van der Waals surface area contributed by atoms with E-state index in [2.05, 4.69) is 5.32 Å². The van der Waals surface area contributed by atoms with Gasteiger partial charge in [0.25, 0.3) is 0 Å². The summed E-state index contributed by atoms with van der Waals surface area (Å²) >= 11 is 0. The van der Waals surface area contributed by atoms with Crippen molar-refractivity contribution in [2.45, 2.75) is 25.7 Å². The molecule has 1 heterocycles. The van der Waals surface area contributed by atoms with E-state index in [0.717, 1.165) is 15.4 Å². The first-order chi connectivity index (χ1) is 13.1. The van der Waals surface area contributed by atoms with E-state index in [1.54, 1.807) is 20.0 Å². The Labute approximate surface area is 165 Å². The fraction of sp³-hybridized carbons (Fsp3) is 0.368. The molecule has 9 heteroatoms. The van der Waals surface area contributed by atoms with Crippen LogP contribution >= 0.6 is 0 Å². The molecule has 0 saturated carbocycles. The van der Waals surface area contributed by atoms with Gasteiger partial charge in [0.2, 0.25) is 15.9 Å². The largest absolute Gasteiger partial charge is 0.461 e. The zero-order valence-electron chi connectivity index (χ0n) is 16.6. The Morgan fingerprint density at radius 3 is 2.46 bits per heavy atom. The molecule has 0 aliphatic carbocycles. The van der Waals surface area contributed by atoms with Crippen molar-refractivity contribution in [1.82, 2.24) is 8.87 Å². The van der Waals surface area contributed by atoms with Crippen molar-refractivity contribution in [3.63, 3.8) is 0 Å². The smallest absolute Gasteiger partial charge is 0.354 e. The van der Waals surface area contributed by atoms with Gasteiger partial charge in [-0.1, -0.05) is 6.07 Å². The van der Waals surface area contributed by atoms with Crippen LogP contribution in [0.15, 0.2) is 35.4 Å². The van der Waals surface area contributed by atoms with Crippen LogP contribution < -0.4 is 5.32 Å². The van der Waals surface area contributed by atoms with Gasteiger partial charge in [-0.05, 0) is 50.1 Å². The number of benzene rings is 1. The second kappa shape index (κ2) is 8.57. The van der Waals surface area contributed by atoms with Crippen molar-refractivity contribution in [3.8, 4) is 0 Å². The van der Waals surface area contributed by atoms with Crippen LogP contribution in [0.4, 0.5) is 5.69 Å². The molecule has 2 aromatic rings. The van der Waals surface area contributed by atoms with Gasteiger partial charge in [0, 0.05) is 26.0 Å². The van der Waals surface area contributed by atoms with Gasteiger partial charge in [0.05, 0.1) is 13.2 Å². The number of aromatic nitrogens is 1. The van der Waals surface area contributed by atoms with Crippen molar-refractivity contribution >= 4 is 27.6 Å². The molecule has 0 saturated heterocycles. The lowest BCUT2D eigenvalue weighted by molar-refractivity contribution is -0.116. The maximum atomic E-state index is 12.7. The summed E-state index contributed by atoms with van der Waals surface area (Å²) in [4.78, 5) is 24.1. The number of ether oxygens (including phenoxy) is 1. The van der Waals surface area contributed by atoms with Gasteiger partial charge in [-0.25, -0.2) is 13.2 Å². The number of hydrogen-bond donors (Lipinski definition) is 1. The van der Waals surface area contributed by atoms with Crippen molar-refractivity contribution in [2.24, 2.45) is 7.05 Å². The first-order valence-electron chi connectivity index (χ1n) is 8.73. The van der Waals surface area contributed by atoms with E-state index >= 15 is 0 Å². The van der Waals surface area contributed by atoms with Gasteiger partial charge >= 0.3 is 5.97 Å². The minimum Gasteiger partial charge on any atom is -0.461 e. The third-order valence-electron chi connectivity index (χ3n) is 4.33. The predicted octanol–water partition coefficient (Wildman–Crippen LogP) is 2.08. The summed E-state index contributed by atoms with van der Waals surface area (Å²) in [5.41, 5.74) is 2.84. The second-order valence-corrected chi connectivity index (χ2v) is 8.55. The number of carbonyl (C=O) groups excluding carboxylic acids is 2. The average molecular weight is 407 g/mol. The van der Waals surface area contributed by atoms with Crippen LogP contribution in [0.2, 0.25) is 0 Å². The fourth-order valence-electron chi connectivity index (χ4n) is 2.57. The Hall–Kier alpha value is -2.65. The highest BCUT2D eigenvalue weighted by molar-refractivity contribution is 7.89. The third kappa shape index (κ3) is 4.79. The van der Waals surface area contributed by atoms with Crippen LogP contribution in [0.3, 0.4) is 0 Å². The Bertz CT molecular complexity index is 995. The molecule has 8 nitrogen and oxygen atoms in total. The van der Waals surface area contributed by atoms with Gasteiger partial charge in [0.1, 0.15) is 10.6 Å². The lowest BCUT2D eigenvalue weighted by atomic mass is 10.1. The molecule has 1 aromatic carbocycles. The van der Waals surface area contributed by atoms with Gasteiger partial charge in [0.15, 0.2) is 0 Å². The molecule has 0 aliphatic rings. The monoisotopic (exact) mass is 407 g/mol. The minimum atomic E-state index is -3.95. The Balaban J connectivity index is 2.13. The van der Waals surface area contributed by atoms with Crippen LogP contribution in [-0.2, 0) is 26.6 Å². The average Bonchev–Trinajstić information content (AvgIpc) is 3.01. The third-order valence-corrected chi connectivity index (χ3v) is 6.10. The fourth-order valence-corrected chi connectivity index (χ4v) is 3.77. The summed E-state index contributed by atoms with van der Waals surface area (Å²) in [5, 5.41) is 2.69. The van der Waals surface area contributed by atoms with E-state index in [1.807, 2.05) is 26.0 Å². The summed E-state index contributed by atoms with van der Waals surface area (Å²) in [6.07, 6.45) is 1.32. The standard InChI is InChI=1S/C19H25N3O5S/c1-6-27-19(24)17-10-16(11-21(17)4)28(25,26)22(5)12-18(23)20-15-8-7-13(2)14(3)9-15/h7-11H,6,12H2,1-5H3,(H,20,23). The quantitative estimate of drug-likeness (QED) is 0.709. The lowest BCUT2D eigenvalue weighted by Gasteiger charge is -2.16. The van der Waals surface area contributed by atoms with E-state index in [0.29, 0.717) is 5.69 Å². The number of esters is 1. The number of sulfonamides is 1. The van der Waals surface area contributed by atoms with E-state index < -0.39 is 21.9 Å². The lowest BCUT2D eigenvalue weighted by Crippen LogP contribution is -2.34. The molecule has 0 radical (unpaired) electrons. The second-order valence-electron chi connectivity index (χ2n) is 6.50. The van der Waals surface area contributed by atoms with Gasteiger partial charge in [-0.2, -0.15) is 4.31 Å². The molecule has 0 spiro atoms. The summed E-state index contributed by atoms with van der Waals surface area (Å²) in [7, 11) is -1.08. The maximum Gasteiger partial charge on any atom is 0.354 e. The van der Waals surface area contributed by atoms with Crippen molar-refractivity contribution in [3.05, 3.63) is 47.3 Å². The number of hydrogen-bond acceptors (Lipinski definition) is 5. The molecule has 0 unspecified atom stereocenters. The molecule has 1 N–H and O–H groups in total. The van der Waals surface area contributed by atoms with Crippen LogP contribution in [0.1, 0.15) is 28.5 Å². The Kier molecular flexibility index (Phi) is 6.63. The number of nitrogens with one attached hydrogen (secondary N) is 1. The zero-order chi connectivity index (χ0) is 21.1. The number of rotatable bonds is 7. The van der Waals surface area contributed by atoms with E-state index in [-0.39, 0.29) is 23.7 Å². The normalized spacial score (nSPS) is 11.5. The number of anilines is 1. The summed E-state index contributed by atoms with van der Waals surface area (Å²) in [6, 6.07) is 6.71. The molecule has 2 rings (SSSR count). The summed E-state index contributed by atoms with van der Waals surface area (Å²) < 4.78 is 32.7. The zero-order valence-corrected chi connectivity index (χ0v) is 17.5. The molecule has 0 fully saturated rings. The Morgan fingerprint density at radius 2 is 1.86 bits per heavy atom. The number of aryl methyl sites for hydroxylation is 3. The van der Waals surface area contributed by atoms with Crippen LogP contribution in [0.5, 0.6) is 0 Å². The van der Waals surface area contributed by atoms with E-state index in [1.165, 1.54) is 23.9 Å². The molecular formula is C19H25N3O5S. The first kappa shape index (κ1) is 21.6. The topological polar surface area (TPSA) is 97.7 Å². The van der Waals surface area contributed by atoms with Crippen molar-refractivity contribution < 1.29 is 22.7 Å². The molecule has 1 aromatic heterocycles. The van der Waals surface area contributed by atoms with Crippen LogP contribution in [0.25, 0.3) is 0 Å². The predicted molar refractivity (Wildman–Crippen MR) is 106 cm³/mol. The highest BCUT2D eigenvalue weighted by atomic mass is 32.2. The maximum absolute atomic E-state index is 12.7. The number of nitrogens with zero attached hydrogens (tertiary/aromatic N) is 2. The number of carbonyl (C=O) groups is 2. The van der Waals surface area contributed by atoms with E-state index in [9.17, 15) is 18.0 Å². The number of likely N-dealkylation sites (N-methyl/N-ethyl adjacent to an activating group) is 1. The van der Waals surface area contributed by atoms with Crippen LogP contribution in [0, 0.1) is 13.8 Å². The van der Waals surface area contributed by atoms with Crippen molar-refractivity contribution in [2.75, 3.05) is 25.5 Å². The molecule has 0 aliphatic heterocycles. The molecule has 0 atom stereocenters. The highest BCUT2D eigenvalue weighted by Gasteiger charge is 2.26. The molecule has 28 heavy (non-hydrogen) atoms. The summed E-state index contributed by atoms with van der Waals surface area (Å²) in [6.45, 7) is 5.38. The van der Waals surface area contributed by atoms with Crippen molar-refractivity contribution in [1.29, 1.82) is 0 Å². The molecule has 1 amide bonds. The summed E-state index contributed by atoms with van der Waals surface area (Å²) in [5.74, 6) is -1.07. The van der Waals surface area contributed by atoms with Gasteiger partial charge in [-0.15, -0.1) is 0 Å². The van der Waals surface area contributed by atoms with Gasteiger partial charge < -0.3 is 14.6 Å². The first-order valence-corrected chi connectivity index (χ1v) is 10.2. The SMILES string of the molecule is CCOC(=O)c1cc(S(=O)(=O)N(C)CC(=O)Nc2ccc(C)c(C)c2)cn1C. The molecule has 0 bridgehead atoms. The molecule has 152 valence electrons. The van der Waals surface area contributed by atoms with E-state index in [4.69, 9.17) is 4.74 Å². The Morgan fingerprint density at radius 1 is 1.18 bits per heavy atom. The highest BCUT2D eigenvalue weighted by Crippen LogP contribution is 2.19. The minimum absolute atomic E-state index is 0.0838. The van der Waals surface area contributed by atoms with Gasteiger partial charge in [-0.3, -0.25) is 4.79 Å². The van der Waals surface area contributed by atoms with Crippen LogP contribution in [-0.4, -0.2) is 49.4 Å². The molecular weight excluding hydrogens is 382 g/mol.